The van der Waals surface area contributed by atoms with E-state index in [0.717, 1.165) is 5.56 Å². The molecule has 0 saturated carbocycles. The van der Waals surface area contributed by atoms with E-state index in [9.17, 15) is 14.4 Å². The van der Waals surface area contributed by atoms with Crippen LogP contribution in [0, 0.1) is 0 Å². The summed E-state index contributed by atoms with van der Waals surface area (Å²) in [6, 6.07) is 6.60. The summed E-state index contributed by atoms with van der Waals surface area (Å²) in [6.45, 7) is 5.41. The van der Waals surface area contributed by atoms with Crippen molar-refractivity contribution >= 4 is 18.0 Å². The first-order valence-corrected chi connectivity index (χ1v) is 8.76. The molecule has 8 nitrogen and oxygen atoms in total. The number of ether oxygens (including phenoxy) is 2. The van der Waals surface area contributed by atoms with Crippen molar-refractivity contribution in [2.24, 2.45) is 5.73 Å². The summed E-state index contributed by atoms with van der Waals surface area (Å²) in [6.07, 6.45) is 0.347. The quantitative estimate of drug-likeness (QED) is 0.571. The number of benzene rings is 1. The molecule has 0 heterocycles. The Morgan fingerprint density at radius 2 is 1.78 bits per heavy atom. The van der Waals surface area contributed by atoms with Gasteiger partial charge in [0.25, 0.3) is 0 Å². The van der Waals surface area contributed by atoms with Crippen molar-refractivity contribution in [1.82, 2.24) is 5.32 Å². The minimum Gasteiger partial charge on any atom is -0.491 e. The summed E-state index contributed by atoms with van der Waals surface area (Å²) in [5, 5.41) is 11.4. The average molecular weight is 380 g/mol. The first-order valence-electron chi connectivity index (χ1n) is 8.76. The Morgan fingerprint density at radius 1 is 1.15 bits per heavy atom. The van der Waals surface area contributed by atoms with Gasteiger partial charge >= 0.3 is 12.1 Å². The summed E-state index contributed by atoms with van der Waals surface area (Å²) >= 11 is 0. The highest BCUT2D eigenvalue weighted by molar-refractivity contribution is 5.74. The van der Waals surface area contributed by atoms with Gasteiger partial charge in [-0.3, -0.25) is 9.59 Å². The summed E-state index contributed by atoms with van der Waals surface area (Å²) in [4.78, 5) is 33.6. The average Bonchev–Trinajstić information content (AvgIpc) is 2.54. The Labute approximate surface area is 159 Å². The fourth-order valence-corrected chi connectivity index (χ4v) is 2.19. The molecule has 0 spiro atoms. The monoisotopic (exact) mass is 380 g/mol. The number of nitrogens with two attached hydrogens (primary N) is 1. The van der Waals surface area contributed by atoms with Crippen molar-refractivity contribution in [2.45, 2.75) is 58.1 Å². The normalized spacial score (nSPS) is 12.1. The summed E-state index contributed by atoms with van der Waals surface area (Å²) < 4.78 is 10.9. The van der Waals surface area contributed by atoms with Gasteiger partial charge in [0.15, 0.2) is 0 Å². The number of carbonyl (C=O) groups excluding carboxylic acids is 2. The maximum absolute atomic E-state index is 11.9. The molecule has 0 radical (unpaired) electrons. The van der Waals surface area contributed by atoms with Crippen molar-refractivity contribution in [3.63, 3.8) is 0 Å². The number of primary amides is 1. The zero-order chi connectivity index (χ0) is 20.4. The number of hydrogen-bond acceptors (Lipinski definition) is 5. The third-order valence-corrected chi connectivity index (χ3v) is 3.46. The standard InChI is InChI=1S/C19H28N2O6/c1-19(2,3)27-18(25)21-14(7-10-16(20)22)12-26-15-8-4-13(5-9-15)6-11-17(23)24/h4-5,8-9,14H,6-7,10-12H2,1-3H3,(H2,20,22)(H,21,25)(H,23,24)/t14-/m0/s1. The maximum Gasteiger partial charge on any atom is 0.407 e. The van der Waals surface area contributed by atoms with Crippen LogP contribution in [0.15, 0.2) is 24.3 Å². The van der Waals surface area contributed by atoms with Gasteiger partial charge in [-0.1, -0.05) is 12.1 Å². The Kier molecular flexibility index (Phi) is 8.58. The largest absolute Gasteiger partial charge is 0.491 e. The molecule has 27 heavy (non-hydrogen) atoms. The van der Waals surface area contributed by atoms with Gasteiger partial charge in [-0.15, -0.1) is 0 Å². The highest BCUT2D eigenvalue weighted by atomic mass is 16.6. The number of hydrogen-bond donors (Lipinski definition) is 3. The van der Waals surface area contributed by atoms with Crippen molar-refractivity contribution < 1.29 is 29.0 Å². The first kappa shape index (κ1) is 22.3. The maximum atomic E-state index is 11.9. The smallest absolute Gasteiger partial charge is 0.407 e. The molecule has 0 fully saturated rings. The highest BCUT2D eigenvalue weighted by Gasteiger charge is 2.20. The van der Waals surface area contributed by atoms with E-state index in [2.05, 4.69) is 5.32 Å². The van der Waals surface area contributed by atoms with E-state index in [4.69, 9.17) is 20.3 Å². The van der Waals surface area contributed by atoms with Crippen molar-refractivity contribution in [3.8, 4) is 5.75 Å². The van der Waals surface area contributed by atoms with Crippen molar-refractivity contribution in [2.75, 3.05) is 6.61 Å². The van der Waals surface area contributed by atoms with E-state index in [1.807, 2.05) is 0 Å². The topological polar surface area (TPSA) is 128 Å². The molecule has 0 aliphatic rings. The van der Waals surface area contributed by atoms with Gasteiger partial charge < -0.3 is 25.6 Å². The number of rotatable bonds is 10. The second-order valence-corrected chi connectivity index (χ2v) is 7.20. The molecular weight excluding hydrogens is 352 g/mol. The molecule has 4 N–H and O–H groups in total. The number of alkyl carbamates (subject to hydrolysis) is 1. The fourth-order valence-electron chi connectivity index (χ4n) is 2.19. The summed E-state index contributed by atoms with van der Waals surface area (Å²) in [7, 11) is 0. The van der Waals surface area contributed by atoms with E-state index in [1.165, 1.54) is 0 Å². The van der Waals surface area contributed by atoms with Crippen LogP contribution in [0.1, 0.15) is 45.6 Å². The fraction of sp³-hybridized carbons (Fsp3) is 0.526. The lowest BCUT2D eigenvalue weighted by molar-refractivity contribution is -0.137. The van der Waals surface area contributed by atoms with Crippen LogP contribution in [0.5, 0.6) is 5.75 Å². The van der Waals surface area contributed by atoms with Gasteiger partial charge in [0, 0.05) is 12.8 Å². The third-order valence-electron chi connectivity index (χ3n) is 3.46. The zero-order valence-corrected chi connectivity index (χ0v) is 16.0. The molecule has 150 valence electrons. The summed E-state index contributed by atoms with van der Waals surface area (Å²) in [5.74, 6) is -0.737. The van der Waals surface area contributed by atoms with Crippen LogP contribution in [0.25, 0.3) is 0 Å². The molecule has 0 unspecified atom stereocenters. The Balaban J connectivity index is 2.60. The molecule has 1 rings (SSSR count). The molecule has 0 bridgehead atoms. The van der Waals surface area contributed by atoms with Crippen LogP contribution in [0.4, 0.5) is 4.79 Å². The van der Waals surface area contributed by atoms with E-state index in [-0.39, 0.29) is 19.4 Å². The molecular formula is C19H28N2O6. The zero-order valence-electron chi connectivity index (χ0n) is 16.0. The molecule has 0 saturated heterocycles. The molecule has 0 aliphatic heterocycles. The Bertz CT molecular complexity index is 637. The molecule has 1 atom stereocenters. The predicted molar refractivity (Wildman–Crippen MR) is 99.5 cm³/mol. The molecule has 2 amide bonds. The van der Waals surface area contributed by atoms with Crippen LogP contribution in [0.2, 0.25) is 0 Å². The van der Waals surface area contributed by atoms with Crippen molar-refractivity contribution in [1.29, 1.82) is 0 Å². The number of aliphatic carboxylic acids is 1. The number of aryl methyl sites for hydroxylation is 1. The Hall–Kier alpha value is -2.77. The van der Waals surface area contributed by atoms with Gasteiger partial charge in [0.1, 0.15) is 18.0 Å². The number of nitrogens with one attached hydrogen (secondary N) is 1. The number of amides is 2. The van der Waals surface area contributed by atoms with Gasteiger partial charge in [-0.2, -0.15) is 0 Å². The van der Waals surface area contributed by atoms with E-state index in [0.29, 0.717) is 18.6 Å². The minimum absolute atomic E-state index is 0.0647. The van der Waals surface area contributed by atoms with E-state index < -0.39 is 29.6 Å². The molecule has 1 aromatic carbocycles. The lowest BCUT2D eigenvalue weighted by Gasteiger charge is -2.23. The second-order valence-electron chi connectivity index (χ2n) is 7.20. The molecule has 0 aromatic heterocycles. The van der Waals surface area contributed by atoms with Gasteiger partial charge in [-0.25, -0.2) is 4.79 Å². The SMILES string of the molecule is CC(C)(C)OC(=O)N[C@@H](CCC(N)=O)COc1ccc(CCC(=O)O)cc1. The highest BCUT2D eigenvalue weighted by Crippen LogP contribution is 2.15. The van der Waals surface area contributed by atoms with Crippen LogP contribution in [-0.4, -0.2) is 41.3 Å². The number of carboxylic acids is 1. The second kappa shape index (κ2) is 10.4. The third kappa shape index (κ3) is 10.7. The lowest BCUT2D eigenvalue weighted by atomic mass is 10.1. The van der Waals surface area contributed by atoms with Crippen LogP contribution >= 0.6 is 0 Å². The van der Waals surface area contributed by atoms with Crippen LogP contribution in [0.3, 0.4) is 0 Å². The lowest BCUT2D eigenvalue weighted by Crippen LogP contribution is -2.42. The number of carboxylic acid groups (broad SMARTS) is 1. The first-order chi connectivity index (χ1) is 12.5. The van der Waals surface area contributed by atoms with Gasteiger partial charge in [0.2, 0.25) is 5.91 Å². The summed E-state index contributed by atoms with van der Waals surface area (Å²) in [5.41, 5.74) is 5.44. The van der Waals surface area contributed by atoms with Crippen molar-refractivity contribution in [3.05, 3.63) is 29.8 Å². The van der Waals surface area contributed by atoms with E-state index in [1.54, 1.807) is 45.0 Å². The van der Waals surface area contributed by atoms with Gasteiger partial charge in [0.05, 0.1) is 6.04 Å². The number of carbonyl (C=O) groups is 3. The van der Waals surface area contributed by atoms with Crippen LogP contribution in [-0.2, 0) is 20.7 Å². The Morgan fingerprint density at radius 3 is 2.30 bits per heavy atom. The van der Waals surface area contributed by atoms with Gasteiger partial charge in [-0.05, 0) is 51.3 Å². The molecule has 0 aliphatic carbocycles. The predicted octanol–water partition coefficient (Wildman–Crippen LogP) is 2.24. The minimum atomic E-state index is -0.846. The van der Waals surface area contributed by atoms with Crippen LogP contribution < -0.4 is 15.8 Å². The molecule has 1 aromatic rings. The molecule has 8 heteroatoms. The van der Waals surface area contributed by atoms with E-state index >= 15 is 0 Å².